The molecule has 9 nitrogen and oxygen atoms in total. The lowest BCUT2D eigenvalue weighted by Gasteiger charge is -2.41. The molecule has 2 fully saturated rings. The maximum absolute atomic E-state index is 13.9. The summed E-state index contributed by atoms with van der Waals surface area (Å²) >= 11 is 6.77. The summed E-state index contributed by atoms with van der Waals surface area (Å²) in [5, 5.41) is 12.2. The molecule has 2 saturated heterocycles. The Balaban J connectivity index is 1.51. The highest BCUT2D eigenvalue weighted by Gasteiger charge is 2.34. The zero-order chi connectivity index (χ0) is 32.5. The van der Waals surface area contributed by atoms with Gasteiger partial charge in [0.05, 0.1) is 18.5 Å². The van der Waals surface area contributed by atoms with Gasteiger partial charge in [0, 0.05) is 47.8 Å². The van der Waals surface area contributed by atoms with Gasteiger partial charge in [0.25, 0.3) is 5.91 Å². The van der Waals surface area contributed by atoms with Gasteiger partial charge in [0.2, 0.25) is 0 Å². The second-order valence-corrected chi connectivity index (χ2v) is 12.8. The lowest BCUT2D eigenvalue weighted by molar-refractivity contribution is -0.131. The SMILES string of the molecule is C=C(F)C(=O)N1CCN(c2nc(OCC3CCCN3C)nc3c(C(C)C)c(-c4cccc5cccc(Cl)c45)cnc23)C[C@@H]1CC#N. The molecule has 0 N–H and O–H groups in total. The van der Waals surface area contributed by atoms with E-state index in [-0.39, 0.29) is 37.5 Å². The number of aromatic nitrogens is 3. The highest BCUT2D eigenvalue weighted by molar-refractivity contribution is 6.36. The van der Waals surface area contributed by atoms with Crippen LogP contribution in [0, 0.1) is 11.3 Å². The summed E-state index contributed by atoms with van der Waals surface area (Å²) < 4.78 is 20.2. The maximum atomic E-state index is 13.9. The van der Waals surface area contributed by atoms with Crippen molar-refractivity contribution in [1.82, 2.24) is 24.8 Å². The molecule has 238 valence electrons. The first-order valence-corrected chi connectivity index (χ1v) is 16.0. The molecule has 0 aliphatic carbocycles. The van der Waals surface area contributed by atoms with E-state index in [2.05, 4.69) is 44.5 Å². The summed E-state index contributed by atoms with van der Waals surface area (Å²) in [5.74, 6) is -1.24. The fourth-order valence-electron chi connectivity index (χ4n) is 6.77. The van der Waals surface area contributed by atoms with Crippen molar-refractivity contribution in [3.63, 3.8) is 0 Å². The zero-order valence-electron chi connectivity index (χ0n) is 26.3. The molecule has 0 radical (unpaired) electrons. The first-order valence-electron chi connectivity index (χ1n) is 15.7. The number of rotatable bonds is 8. The minimum Gasteiger partial charge on any atom is -0.462 e. The summed E-state index contributed by atoms with van der Waals surface area (Å²) in [6.07, 6.45) is 4.04. The van der Waals surface area contributed by atoms with Crippen molar-refractivity contribution in [3.05, 3.63) is 65.6 Å². The molecule has 2 aromatic heterocycles. The molecule has 4 heterocycles. The van der Waals surface area contributed by atoms with Gasteiger partial charge in [-0.15, -0.1) is 0 Å². The van der Waals surface area contributed by atoms with Gasteiger partial charge in [0.15, 0.2) is 11.6 Å². The Morgan fingerprint density at radius 2 is 1.91 bits per heavy atom. The Hall–Kier alpha value is -4.33. The minimum absolute atomic E-state index is 0.0343. The number of ether oxygens (including phenoxy) is 1. The molecule has 6 rings (SSSR count). The number of nitriles is 1. The molecule has 2 atom stereocenters. The number of halogens is 2. The normalized spacial score (nSPS) is 18.8. The Morgan fingerprint density at radius 3 is 2.61 bits per heavy atom. The predicted molar refractivity (Wildman–Crippen MR) is 179 cm³/mol. The topological polar surface area (TPSA) is 98.5 Å². The van der Waals surface area contributed by atoms with Gasteiger partial charge in [-0.2, -0.15) is 15.2 Å². The first-order chi connectivity index (χ1) is 22.2. The molecule has 0 bridgehead atoms. The fraction of sp³-hybridized carbons (Fsp3) is 0.400. The van der Waals surface area contributed by atoms with Crippen molar-refractivity contribution >= 4 is 45.1 Å². The molecule has 0 saturated carbocycles. The number of hydrogen-bond acceptors (Lipinski definition) is 8. The number of hydrogen-bond donors (Lipinski definition) is 0. The van der Waals surface area contributed by atoms with E-state index >= 15 is 0 Å². The predicted octanol–water partition coefficient (Wildman–Crippen LogP) is 6.51. The van der Waals surface area contributed by atoms with E-state index in [4.69, 9.17) is 31.3 Å². The molecule has 0 spiro atoms. The number of nitrogens with zero attached hydrogens (tertiary/aromatic N) is 7. The van der Waals surface area contributed by atoms with Crippen molar-refractivity contribution in [2.75, 3.05) is 44.7 Å². The summed E-state index contributed by atoms with van der Waals surface area (Å²) in [7, 11) is 2.10. The zero-order valence-corrected chi connectivity index (χ0v) is 27.1. The number of pyridine rings is 1. The summed E-state index contributed by atoms with van der Waals surface area (Å²) in [5.41, 5.74) is 4.13. The number of likely N-dealkylation sites (N-methyl/N-ethyl adjacent to an activating group) is 1. The van der Waals surface area contributed by atoms with E-state index in [0.717, 1.165) is 46.8 Å². The van der Waals surface area contributed by atoms with Crippen LogP contribution < -0.4 is 9.64 Å². The molecular weight excluding hydrogens is 605 g/mol. The molecule has 11 heteroatoms. The fourth-order valence-corrected chi connectivity index (χ4v) is 7.05. The van der Waals surface area contributed by atoms with Crippen molar-refractivity contribution in [2.45, 2.75) is 51.1 Å². The molecule has 4 aromatic rings. The number of carbonyl (C=O) groups excluding carboxylic acids is 1. The Labute approximate surface area is 273 Å². The van der Waals surface area contributed by atoms with Gasteiger partial charge in [-0.1, -0.05) is 62.4 Å². The second kappa shape index (κ2) is 13.2. The van der Waals surface area contributed by atoms with Gasteiger partial charge < -0.3 is 19.4 Å². The van der Waals surface area contributed by atoms with Crippen LogP contribution in [0.4, 0.5) is 10.2 Å². The smallest absolute Gasteiger partial charge is 0.319 e. The second-order valence-electron chi connectivity index (χ2n) is 12.4. The first kappa shape index (κ1) is 31.6. The Kier molecular flexibility index (Phi) is 9.07. The van der Waals surface area contributed by atoms with Gasteiger partial charge in [0.1, 0.15) is 17.6 Å². The van der Waals surface area contributed by atoms with Crippen LogP contribution >= 0.6 is 11.6 Å². The van der Waals surface area contributed by atoms with Crippen LogP contribution in [-0.2, 0) is 4.79 Å². The van der Waals surface area contributed by atoms with Crippen LogP contribution in [-0.4, -0.2) is 82.6 Å². The largest absolute Gasteiger partial charge is 0.462 e. The maximum Gasteiger partial charge on any atom is 0.319 e. The van der Waals surface area contributed by atoms with Gasteiger partial charge in [-0.05, 0) is 54.9 Å². The van der Waals surface area contributed by atoms with Crippen molar-refractivity contribution in [2.24, 2.45) is 0 Å². The Bertz CT molecular complexity index is 1850. The monoisotopic (exact) mass is 641 g/mol. The number of benzene rings is 2. The van der Waals surface area contributed by atoms with E-state index in [1.54, 1.807) is 0 Å². The molecule has 2 aromatic carbocycles. The van der Waals surface area contributed by atoms with Crippen molar-refractivity contribution in [1.29, 1.82) is 5.26 Å². The highest BCUT2D eigenvalue weighted by atomic mass is 35.5. The van der Waals surface area contributed by atoms with Crippen LogP contribution in [0.5, 0.6) is 6.01 Å². The van der Waals surface area contributed by atoms with Crippen LogP contribution in [0.15, 0.2) is 55.0 Å². The lowest BCUT2D eigenvalue weighted by Crippen LogP contribution is -2.55. The number of anilines is 1. The lowest BCUT2D eigenvalue weighted by atomic mass is 9.90. The van der Waals surface area contributed by atoms with E-state index in [1.165, 1.54) is 4.90 Å². The molecule has 46 heavy (non-hydrogen) atoms. The van der Waals surface area contributed by atoms with E-state index < -0.39 is 17.8 Å². The average molecular weight is 642 g/mol. The van der Waals surface area contributed by atoms with Crippen LogP contribution in [0.1, 0.15) is 44.6 Å². The number of likely N-dealkylation sites (tertiary alicyclic amines) is 1. The van der Waals surface area contributed by atoms with Crippen molar-refractivity contribution in [3.8, 4) is 23.2 Å². The minimum atomic E-state index is -1.04. The number of carbonyl (C=O) groups is 1. The number of piperazine rings is 1. The van der Waals surface area contributed by atoms with Crippen LogP contribution in [0.2, 0.25) is 5.02 Å². The van der Waals surface area contributed by atoms with E-state index in [9.17, 15) is 14.4 Å². The molecule has 2 aliphatic rings. The van der Waals surface area contributed by atoms with Crippen molar-refractivity contribution < 1.29 is 13.9 Å². The van der Waals surface area contributed by atoms with Crippen LogP contribution in [0.25, 0.3) is 32.9 Å². The summed E-state index contributed by atoms with van der Waals surface area (Å²) in [6, 6.07) is 14.1. The third-order valence-electron chi connectivity index (χ3n) is 9.11. The number of amides is 1. The molecule has 2 aliphatic heterocycles. The summed E-state index contributed by atoms with van der Waals surface area (Å²) in [4.78, 5) is 33.1. The van der Waals surface area contributed by atoms with E-state index in [0.29, 0.717) is 35.0 Å². The highest BCUT2D eigenvalue weighted by Crippen LogP contribution is 2.41. The molecule has 1 amide bonds. The summed E-state index contributed by atoms with van der Waals surface area (Å²) in [6.45, 7) is 9.72. The molecule has 1 unspecified atom stereocenters. The third kappa shape index (κ3) is 5.97. The standard InChI is InChI=1S/C35H37ClFN7O2/c1-21(2)29-27(26-11-5-8-23-9-6-12-28(36)30(23)26)18-39-32-31(29)40-35(46-20-25-10-7-15-42(25)4)41-33(32)43-16-17-44(34(45)22(3)37)24(19-43)13-14-38/h5-6,8-9,11-12,18,21,24-25H,3,7,10,13,15-17,19-20H2,1-2,4H3/t24-,25?/m0/s1. The van der Waals surface area contributed by atoms with Crippen LogP contribution in [0.3, 0.4) is 0 Å². The number of fused-ring (bicyclic) bond motifs is 2. The molecular formula is C35H37ClFN7O2. The average Bonchev–Trinajstić information content (AvgIpc) is 3.46. The van der Waals surface area contributed by atoms with E-state index in [1.807, 2.05) is 41.4 Å². The Morgan fingerprint density at radius 1 is 1.13 bits per heavy atom. The third-order valence-corrected chi connectivity index (χ3v) is 9.43. The van der Waals surface area contributed by atoms with Gasteiger partial charge in [-0.25, -0.2) is 4.39 Å². The quantitative estimate of drug-likeness (QED) is 0.201. The van der Waals surface area contributed by atoms with Gasteiger partial charge in [-0.3, -0.25) is 9.78 Å². The van der Waals surface area contributed by atoms with Gasteiger partial charge >= 0.3 is 6.01 Å².